The van der Waals surface area contributed by atoms with Gasteiger partial charge in [0.05, 0.1) is 23.8 Å². The normalized spacial score (nSPS) is 27.5. The van der Waals surface area contributed by atoms with Gasteiger partial charge in [-0.05, 0) is 66.9 Å². The monoisotopic (exact) mass is 507 g/mol. The number of aromatic nitrogens is 4. The predicted molar refractivity (Wildman–Crippen MR) is 111 cm³/mol. The second-order valence-corrected chi connectivity index (χ2v) is 9.27. The van der Waals surface area contributed by atoms with Gasteiger partial charge < -0.3 is 9.47 Å². The van der Waals surface area contributed by atoms with E-state index >= 15 is 0 Å². The largest absolute Gasteiger partial charge is 0.416 e. The molecule has 1 aromatic carbocycles. The van der Waals surface area contributed by atoms with E-state index in [9.17, 15) is 26.3 Å². The fourth-order valence-electron chi connectivity index (χ4n) is 5.71. The molecule has 2 aliphatic rings. The highest BCUT2D eigenvalue weighted by Crippen LogP contribution is 2.51. The quantitative estimate of drug-likeness (QED) is 0.510. The van der Waals surface area contributed by atoms with E-state index in [1.54, 1.807) is 11.8 Å². The molecule has 0 aliphatic carbocycles. The lowest BCUT2D eigenvalue weighted by molar-refractivity contribution is -0.143. The molecule has 4 atom stereocenters. The Kier molecular flexibility index (Phi) is 6.88. The van der Waals surface area contributed by atoms with E-state index in [-0.39, 0.29) is 43.0 Å². The first-order chi connectivity index (χ1) is 16.4. The maximum atomic E-state index is 13.2. The van der Waals surface area contributed by atoms with E-state index in [4.69, 9.17) is 9.47 Å². The van der Waals surface area contributed by atoms with Gasteiger partial charge in [-0.15, -0.1) is 5.10 Å². The third-order valence-corrected chi connectivity index (χ3v) is 7.15. The standard InChI is InChI=1S/C22H27F6N5O2/c1-4-32-17-5-6-18(20(32,2)10-16(17)19-29-30-31-33(19)12-34-3)35-11-13-7-14(21(23,24)25)9-15(8-13)22(26,27)28/h7-9,16-18H,4-6,10-12H2,1-3H3. The summed E-state index contributed by atoms with van der Waals surface area (Å²) in [5.74, 6) is 0.677. The molecule has 2 aliphatic heterocycles. The maximum absolute atomic E-state index is 13.2. The molecule has 35 heavy (non-hydrogen) atoms. The number of alkyl halides is 6. The first-order valence-electron chi connectivity index (χ1n) is 11.3. The molecule has 4 unspecified atom stereocenters. The summed E-state index contributed by atoms with van der Waals surface area (Å²) >= 11 is 0. The number of benzene rings is 1. The summed E-state index contributed by atoms with van der Waals surface area (Å²) in [5.41, 5.74) is -3.34. The van der Waals surface area contributed by atoms with Gasteiger partial charge >= 0.3 is 12.4 Å². The van der Waals surface area contributed by atoms with E-state index in [2.05, 4.69) is 20.4 Å². The highest BCUT2D eigenvalue weighted by Gasteiger charge is 2.57. The molecule has 2 fully saturated rings. The topological polar surface area (TPSA) is 65.3 Å². The molecule has 0 saturated carbocycles. The molecule has 7 nitrogen and oxygen atoms in total. The molecule has 0 radical (unpaired) electrons. The Hall–Kier alpha value is -2.25. The number of hydrogen-bond donors (Lipinski definition) is 0. The summed E-state index contributed by atoms with van der Waals surface area (Å²) in [6.07, 6.45) is -8.20. The van der Waals surface area contributed by atoms with Crippen LogP contribution in [0.25, 0.3) is 0 Å². The molecule has 0 amide bonds. The SMILES string of the molecule is CCN1C2CCC(OCc3cc(C(F)(F)F)cc(C(F)(F)F)c3)C1(C)CC2c1nnnn1COC. The molecule has 2 saturated heterocycles. The van der Waals surface area contributed by atoms with Gasteiger partial charge in [0.25, 0.3) is 0 Å². The molecular formula is C22H27F6N5O2. The van der Waals surface area contributed by atoms with Crippen LogP contribution >= 0.6 is 0 Å². The van der Waals surface area contributed by atoms with Crippen molar-refractivity contribution in [1.29, 1.82) is 0 Å². The predicted octanol–water partition coefficient (Wildman–Crippen LogP) is 4.63. The minimum absolute atomic E-state index is 0.0101. The van der Waals surface area contributed by atoms with Gasteiger partial charge in [-0.25, -0.2) is 4.68 Å². The van der Waals surface area contributed by atoms with Crippen molar-refractivity contribution >= 4 is 0 Å². The zero-order valence-electron chi connectivity index (χ0n) is 19.5. The van der Waals surface area contributed by atoms with Crippen molar-refractivity contribution < 1.29 is 35.8 Å². The molecule has 1 aromatic heterocycles. The third-order valence-electron chi connectivity index (χ3n) is 7.15. The minimum Gasteiger partial charge on any atom is -0.372 e. The molecule has 0 N–H and O–H groups in total. The van der Waals surface area contributed by atoms with Crippen molar-refractivity contribution in [3.05, 3.63) is 40.7 Å². The maximum Gasteiger partial charge on any atom is 0.416 e. The van der Waals surface area contributed by atoms with Crippen molar-refractivity contribution in [2.24, 2.45) is 0 Å². The van der Waals surface area contributed by atoms with Gasteiger partial charge in [-0.2, -0.15) is 26.3 Å². The smallest absolute Gasteiger partial charge is 0.372 e. The average Bonchev–Trinajstić information content (AvgIpc) is 3.30. The van der Waals surface area contributed by atoms with Gasteiger partial charge in [-0.1, -0.05) is 6.92 Å². The van der Waals surface area contributed by atoms with Crippen LogP contribution < -0.4 is 0 Å². The van der Waals surface area contributed by atoms with E-state index < -0.39 is 29.0 Å². The average molecular weight is 507 g/mol. The van der Waals surface area contributed by atoms with Crippen molar-refractivity contribution in [2.45, 2.75) is 82.4 Å². The number of tetrazole rings is 1. The number of fused-ring (bicyclic) bond motifs is 2. The molecule has 13 heteroatoms. The Morgan fingerprint density at radius 3 is 2.29 bits per heavy atom. The second kappa shape index (κ2) is 9.32. The fraction of sp³-hybridized carbons (Fsp3) is 0.682. The van der Waals surface area contributed by atoms with Crippen LogP contribution in [-0.2, 0) is 35.2 Å². The molecule has 0 spiro atoms. The van der Waals surface area contributed by atoms with Gasteiger partial charge in [0.2, 0.25) is 0 Å². The van der Waals surface area contributed by atoms with Crippen LogP contribution in [0.15, 0.2) is 18.2 Å². The summed E-state index contributed by atoms with van der Waals surface area (Å²) in [5, 5.41) is 12.0. The first kappa shape index (κ1) is 25.8. The summed E-state index contributed by atoms with van der Waals surface area (Å²) < 4.78 is 92.2. The van der Waals surface area contributed by atoms with Gasteiger partial charge in [-0.3, -0.25) is 4.90 Å². The van der Waals surface area contributed by atoms with E-state index in [1.165, 1.54) is 0 Å². The van der Waals surface area contributed by atoms with Crippen LogP contribution in [0.4, 0.5) is 26.3 Å². The number of likely N-dealkylation sites (N-methyl/N-ethyl adjacent to an activating group) is 1. The van der Waals surface area contributed by atoms with Gasteiger partial charge in [0.15, 0.2) is 5.82 Å². The number of ether oxygens (including phenoxy) is 2. The van der Waals surface area contributed by atoms with Crippen molar-refractivity contribution in [3.63, 3.8) is 0 Å². The lowest BCUT2D eigenvalue weighted by atomic mass is 9.86. The minimum atomic E-state index is -4.90. The highest BCUT2D eigenvalue weighted by atomic mass is 19.4. The second-order valence-electron chi connectivity index (χ2n) is 9.27. The van der Waals surface area contributed by atoms with Crippen LogP contribution in [0.2, 0.25) is 0 Å². The molecular weight excluding hydrogens is 480 g/mol. The molecule has 194 valence electrons. The summed E-state index contributed by atoms with van der Waals surface area (Å²) in [4.78, 5) is 2.28. The number of rotatable bonds is 7. The third kappa shape index (κ3) is 4.90. The first-order valence-corrected chi connectivity index (χ1v) is 11.3. The lowest BCUT2D eigenvalue weighted by Crippen LogP contribution is -2.57. The summed E-state index contributed by atoms with van der Waals surface area (Å²) in [6, 6.07) is 1.70. The number of nitrogens with zero attached hydrogens (tertiary/aromatic N) is 5. The Morgan fingerprint density at radius 1 is 1.06 bits per heavy atom. The summed E-state index contributed by atoms with van der Waals surface area (Å²) in [6.45, 7) is 4.57. The zero-order chi connectivity index (χ0) is 25.6. The molecule has 2 bridgehead atoms. The van der Waals surface area contributed by atoms with Crippen LogP contribution in [0.5, 0.6) is 0 Å². The van der Waals surface area contributed by atoms with E-state index in [0.717, 1.165) is 18.6 Å². The number of halogens is 6. The summed E-state index contributed by atoms with van der Waals surface area (Å²) in [7, 11) is 1.54. The number of methoxy groups -OCH3 is 1. The Morgan fingerprint density at radius 2 is 1.71 bits per heavy atom. The van der Waals surface area contributed by atoms with E-state index in [1.807, 2.05) is 13.8 Å². The lowest BCUT2D eigenvalue weighted by Gasteiger charge is -2.47. The van der Waals surface area contributed by atoms with Crippen LogP contribution in [0, 0.1) is 0 Å². The highest BCUT2D eigenvalue weighted by molar-refractivity contribution is 5.33. The van der Waals surface area contributed by atoms with Crippen molar-refractivity contribution in [1.82, 2.24) is 25.1 Å². The van der Waals surface area contributed by atoms with Crippen molar-refractivity contribution in [3.8, 4) is 0 Å². The molecule has 4 rings (SSSR count). The van der Waals surface area contributed by atoms with Crippen molar-refractivity contribution in [2.75, 3.05) is 13.7 Å². The fourth-order valence-corrected chi connectivity index (χ4v) is 5.71. The Bertz CT molecular complexity index is 1010. The Balaban J connectivity index is 1.57. The van der Waals surface area contributed by atoms with Crippen LogP contribution in [0.3, 0.4) is 0 Å². The molecule has 2 aromatic rings. The zero-order valence-corrected chi connectivity index (χ0v) is 19.5. The number of piperidine rings is 1. The van der Waals surface area contributed by atoms with Gasteiger partial charge in [0, 0.05) is 24.6 Å². The van der Waals surface area contributed by atoms with Gasteiger partial charge in [0.1, 0.15) is 6.73 Å². The van der Waals surface area contributed by atoms with Crippen LogP contribution in [-0.4, -0.2) is 56.4 Å². The number of hydrogen-bond acceptors (Lipinski definition) is 6. The van der Waals surface area contributed by atoms with E-state index in [0.29, 0.717) is 25.2 Å². The molecule has 3 heterocycles. The van der Waals surface area contributed by atoms with Crippen LogP contribution in [0.1, 0.15) is 61.5 Å². The Labute approximate surface area is 198 Å².